The lowest BCUT2D eigenvalue weighted by atomic mass is 9.89. The average molecular weight is 167 g/mol. The number of ether oxygens (including phenoxy) is 1. The summed E-state index contributed by atoms with van der Waals surface area (Å²) in [5.74, 6) is -0.261. The Bertz CT molecular complexity index is 223. The molecule has 0 aromatic heterocycles. The summed E-state index contributed by atoms with van der Waals surface area (Å²) in [7, 11) is 1.35. The van der Waals surface area contributed by atoms with Crippen LogP contribution < -0.4 is 0 Å². The average Bonchev–Trinajstić information content (AvgIpc) is 2.00. The molecule has 0 radical (unpaired) electrons. The van der Waals surface area contributed by atoms with E-state index in [1.807, 2.05) is 19.9 Å². The molecule has 0 amide bonds. The highest BCUT2D eigenvalue weighted by Crippen LogP contribution is 2.22. The van der Waals surface area contributed by atoms with Crippen molar-refractivity contribution in [2.45, 2.75) is 20.3 Å². The molecule has 3 heteroatoms. The molecule has 0 spiro atoms. The molecule has 0 unspecified atom stereocenters. The second kappa shape index (κ2) is 4.55. The molecule has 0 rings (SSSR count). The lowest BCUT2D eigenvalue weighted by Crippen LogP contribution is -2.15. The maximum atomic E-state index is 10.9. The zero-order valence-corrected chi connectivity index (χ0v) is 7.63. The monoisotopic (exact) mass is 167 g/mol. The summed E-state index contributed by atoms with van der Waals surface area (Å²) >= 11 is 0. The van der Waals surface area contributed by atoms with E-state index in [1.165, 1.54) is 13.2 Å². The number of hydrogen-bond acceptors (Lipinski definition) is 3. The van der Waals surface area contributed by atoms with E-state index in [1.54, 1.807) is 6.08 Å². The minimum atomic E-state index is -0.303. The SMILES string of the molecule is COC(=O)CC(C)(C)/C=C/C#N. The molecule has 0 fully saturated rings. The van der Waals surface area contributed by atoms with E-state index in [-0.39, 0.29) is 11.4 Å². The first-order chi connectivity index (χ1) is 5.52. The molecule has 0 atom stereocenters. The predicted molar refractivity (Wildman–Crippen MR) is 45.2 cm³/mol. The molecule has 66 valence electrons. The Morgan fingerprint density at radius 1 is 1.67 bits per heavy atom. The van der Waals surface area contributed by atoms with Crippen LogP contribution >= 0.6 is 0 Å². The smallest absolute Gasteiger partial charge is 0.306 e. The van der Waals surface area contributed by atoms with Crippen molar-refractivity contribution in [2.75, 3.05) is 7.11 Å². The van der Waals surface area contributed by atoms with Gasteiger partial charge < -0.3 is 4.74 Å². The molecule has 0 aliphatic carbocycles. The number of allylic oxidation sites excluding steroid dienone is 2. The van der Waals surface area contributed by atoms with Gasteiger partial charge in [0.2, 0.25) is 0 Å². The number of esters is 1. The fourth-order valence-electron chi connectivity index (χ4n) is 0.766. The Hall–Kier alpha value is -1.30. The van der Waals surface area contributed by atoms with Gasteiger partial charge in [0.25, 0.3) is 0 Å². The minimum Gasteiger partial charge on any atom is -0.469 e. The van der Waals surface area contributed by atoms with Crippen molar-refractivity contribution in [3.63, 3.8) is 0 Å². The van der Waals surface area contributed by atoms with Crippen LogP contribution in [0.3, 0.4) is 0 Å². The number of nitrogens with zero attached hydrogens (tertiary/aromatic N) is 1. The van der Waals surface area contributed by atoms with Gasteiger partial charge in [0.05, 0.1) is 19.6 Å². The van der Waals surface area contributed by atoms with Gasteiger partial charge in [0.15, 0.2) is 0 Å². The van der Waals surface area contributed by atoms with Crippen molar-refractivity contribution >= 4 is 5.97 Å². The second-order valence-corrected chi connectivity index (χ2v) is 3.20. The summed E-state index contributed by atoms with van der Waals surface area (Å²) in [5.41, 5.74) is -0.303. The zero-order valence-electron chi connectivity index (χ0n) is 7.63. The van der Waals surface area contributed by atoms with Crippen molar-refractivity contribution in [1.29, 1.82) is 5.26 Å². The zero-order chi connectivity index (χ0) is 9.61. The number of carbonyl (C=O) groups excluding carboxylic acids is 1. The van der Waals surface area contributed by atoms with Crippen LogP contribution in [-0.4, -0.2) is 13.1 Å². The number of rotatable bonds is 3. The van der Waals surface area contributed by atoms with Crippen molar-refractivity contribution in [3.8, 4) is 6.07 Å². The molecule has 12 heavy (non-hydrogen) atoms. The summed E-state index contributed by atoms with van der Waals surface area (Å²) in [6, 6.07) is 1.88. The second-order valence-electron chi connectivity index (χ2n) is 3.20. The third-order valence-electron chi connectivity index (χ3n) is 1.44. The molecule has 0 heterocycles. The van der Waals surface area contributed by atoms with Crippen LogP contribution in [-0.2, 0) is 9.53 Å². The highest BCUT2D eigenvalue weighted by atomic mass is 16.5. The largest absolute Gasteiger partial charge is 0.469 e. The van der Waals surface area contributed by atoms with Gasteiger partial charge in [-0.2, -0.15) is 5.26 Å². The summed E-state index contributed by atoms with van der Waals surface area (Å²) in [5, 5.41) is 8.27. The van der Waals surface area contributed by atoms with Crippen molar-refractivity contribution < 1.29 is 9.53 Å². The fourth-order valence-corrected chi connectivity index (χ4v) is 0.766. The standard InChI is InChI=1S/C9H13NO2/c1-9(2,5-4-6-10)7-8(11)12-3/h4-5H,7H2,1-3H3/b5-4+. The fraction of sp³-hybridized carbons (Fsp3) is 0.556. The predicted octanol–water partition coefficient (Wildman–Crippen LogP) is 1.66. The van der Waals surface area contributed by atoms with E-state index < -0.39 is 0 Å². The van der Waals surface area contributed by atoms with Crippen LogP contribution in [0.1, 0.15) is 20.3 Å². The van der Waals surface area contributed by atoms with E-state index >= 15 is 0 Å². The first-order valence-corrected chi connectivity index (χ1v) is 3.66. The van der Waals surface area contributed by atoms with E-state index in [9.17, 15) is 4.79 Å². The minimum absolute atomic E-state index is 0.261. The Morgan fingerprint density at radius 3 is 2.67 bits per heavy atom. The van der Waals surface area contributed by atoms with Gasteiger partial charge in [0.1, 0.15) is 0 Å². The summed E-state index contributed by atoms with van der Waals surface area (Å²) < 4.78 is 4.51. The number of methoxy groups -OCH3 is 1. The Kier molecular flexibility index (Phi) is 4.06. The number of nitriles is 1. The molecule has 0 N–H and O–H groups in total. The third-order valence-corrected chi connectivity index (χ3v) is 1.44. The normalized spacial score (nSPS) is 11.2. The molecule has 0 aliphatic rings. The Morgan fingerprint density at radius 2 is 2.25 bits per heavy atom. The van der Waals surface area contributed by atoms with Crippen molar-refractivity contribution in [3.05, 3.63) is 12.2 Å². The van der Waals surface area contributed by atoms with Crippen LogP contribution in [0.4, 0.5) is 0 Å². The molecule has 0 aromatic carbocycles. The van der Waals surface area contributed by atoms with Gasteiger partial charge in [-0.3, -0.25) is 4.79 Å². The molecule has 0 aromatic rings. The molecular formula is C9H13NO2. The first kappa shape index (κ1) is 10.7. The van der Waals surface area contributed by atoms with E-state index in [0.717, 1.165) is 0 Å². The number of carbonyl (C=O) groups is 1. The molecule has 0 saturated carbocycles. The highest BCUT2D eigenvalue weighted by Gasteiger charge is 2.18. The first-order valence-electron chi connectivity index (χ1n) is 3.66. The Balaban J connectivity index is 4.14. The molecule has 0 aliphatic heterocycles. The highest BCUT2D eigenvalue weighted by molar-refractivity contribution is 5.70. The quantitative estimate of drug-likeness (QED) is 0.474. The van der Waals surface area contributed by atoms with Crippen molar-refractivity contribution in [2.24, 2.45) is 5.41 Å². The van der Waals surface area contributed by atoms with Crippen LogP contribution in [0, 0.1) is 16.7 Å². The third kappa shape index (κ3) is 4.51. The molecule has 0 bridgehead atoms. The van der Waals surface area contributed by atoms with Gasteiger partial charge in [-0.25, -0.2) is 0 Å². The topological polar surface area (TPSA) is 50.1 Å². The van der Waals surface area contributed by atoms with Gasteiger partial charge in [-0.05, 0) is 5.41 Å². The Labute approximate surface area is 72.6 Å². The molecule has 0 saturated heterocycles. The van der Waals surface area contributed by atoms with Gasteiger partial charge in [-0.1, -0.05) is 19.9 Å². The van der Waals surface area contributed by atoms with Gasteiger partial charge in [0, 0.05) is 6.08 Å². The van der Waals surface area contributed by atoms with Crippen LogP contribution in [0.5, 0.6) is 0 Å². The van der Waals surface area contributed by atoms with Crippen molar-refractivity contribution in [1.82, 2.24) is 0 Å². The van der Waals surface area contributed by atoms with E-state index in [0.29, 0.717) is 6.42 Å². The number of hydrogen-bond donors (Lipinski definition) is 0. The van der Waals surface area contributed by atoms with Crippen LogP contribution in [0.25, 0.3) is 0 Å². The molecular weight excluding hydrogens is 154 g/mol. The maximum absolute atomic E-state index is 10.9. The molecule has 3 nitrogen and oxygen atoms in total. The summed E-state index contributed by atoms with van der Waals surface area (Å²) in [4.78, 5) is 10.9. The van der Waals surface area contributed by atoms with E-state index in [4.69, 9.17) is 5.26 Å². The summed E-state index contributed by atoms with van der Waals surface area (Å²) in [6.45, 7) is 3.75. The van der Waals surface area contributed by atoms with Gasteiger partial charge >= 0.3 is 5.97 Å². The lowest BCUT2D eigenvalue weighted by molar-refractivity contribution is -0.142. The maximum Gasteiger partial charge on any atom is 0.306 e. The van der Waals surface area contributed by atoms with Crippen LogP contribution in [0.15, 0.2) is 12.2 Å². The summed E-state index contributed by atoms with van der Waals surface area (Å²) in [6.07, 6.45) is 3.37. The van der Waals surface area contributed by atoms with Crippen LogP contribution in [0.2, 0.25) is 0 Å². The van der Waals surface area contributed by atoms with Gasteiger partial charge in [-0.15, -0.1) is 0 Å². The lowest BCUT2D eigenvalue weighted by Gasteiger charge is -2.17. The van der Waals surface area contributed by atoms with E-state index in [2.05, 4.69) is 4.74 Å².